The maximum absolute atomic E-state index is 13.5. The van der Waals surface area contributed by atoms with E-state index in [2.05, 4.69) is 9.80 Å². The Bertz CT molecular complexity index is 1130. The number of anilines is 1. The highest BCUT2D eigenvalue weighted by Crippen LogP contribution is 2.31. The van der Waals surface area contributed by atoms with Gasteiger partial charge in [-0.15, -0.1) is 0 Å². The molecule has 1 aliphatic heterocycles. The Morgan fingerprint density at radius 2 is 1.21 bits per heavy atom. The third-order valence-electron chi connectivity index (χ3n) is 5.86. The van der Waals surface area contributed by atoms with Gasteiger partial charge in [-0.25, -0.2) is 8.78 Å². The molecular weight excluding hydrogens is 418 g/mol. The summed E-state index contributed by atoms with van der Waals surface area (Å²) in [5, 5.41) is 17.8. The minimum absolute atomic E-state index is 0.0731. The van der Waals surface area contributed by atoms with E-state index in [1.807, 2.05) is 36.4 Å². The molecule has 0 aromatic heterocycles. The van der Waals surface area contributed by atoms with Crippen molar-refractivity contribution in [3.8, 4) is 12.1 Å². The molecular formula is C27H22F2N4. The quantitative estimate of drug-likeness (QED) is 0.505. The molecule has 0 atom stereocenters. The summed E-state index contributed by atoms with van der Waals surface area (Å²) in [6.07, 6.45) is 1.57. The molecule has 4 rings (SSSR count). The number of hydrogen-bond donors (Lipinski definition) is 0. The van der Waals surface area contributed by atoms with E-state index in [1.54, 1.807) is 30.3 Å². The van der Waals surface area contributed by atoms with Crippen LogP contribution in [0, 0.1) is 34.3 Å². The van der Waals surface area contributed by atoms with Crippen LogP contribution in [0.5, 0.6) is 0 Å². The Kier molecular flexibility index (Phi) is 6.78. The van der Waals surface area contributed by atoms with Gasteiger partial charge in [0, 0.05) is 31.9 Å². The van der Waals surface area contributed by atoms with Gasteiger partial charge in [-0.05, 0) is 59.2 Å². The molecule has 1 aliphatic rings. The maximum atomic E-state index is 13.5. The lowest BCUT2D eigenvalue weighted by molar-refractivity contribution is 0.212. The van der Waals surface area contributed by atoms with Crippen LogP contribution in [0.2, 0.25) is 0 Å². The van der Waals surface area contributed by atoms with Gasteiger partial charge < -0.3 is 4.90 Å². The highest BCUT2D eigenvalue weighted by molar-refractivity contribution is 5.64. The van der Waals surface area contributed by atoms with E-state index in [-0.39, 0.29) is 23.2 Å². The van der Waals surface area contributed by atoms with E-state index in [0.29, 0.717) is 0 Å². The van der Waals surface area contributed by atoms with E-state index < -0.39 is 0 Å². The standard InChI is InChI=1S/C27H22F2N4/c28-24-7-3-22(4-8-24)27(23-5-9-25(29)10-6-23)33-15-13-32(14-16-33)26-11-1-20(2-12-26)17-21(18-30)19-31/h1-12,17,27H,13-16H2. The lowest BCUT2D eigenvalue weighted by atomic mass is 9.96. The molecule has 0 N–H and O–H groups in total. The van der Waals surface area contributed by atoms with Crippen molar-refractivity contribution in [3.63, 3.8) is 0 Å². The van der Waals surface area contributed by atoms with Crippen LogP contribution in [0.25, 0.3) is 6.08 Å². The topological polar surface area (TPSA) is 54.1 Å². The summed E-state index contributed by atoms with van der Waals surface area (Å²) in [4.78, 5) is 4.62. The summed E-state index contributed by atoms with van der Waals surface area (Å²) in [6, 6.07) is 24.4. The molecule has 6 heteroatoms. The van der Waals surface area contributed by atoms with Crippen LogP contribution in [0.15, 0.2) is 78.4 Å². The molecule has 0 aliphatic carbocycles. The number of benzene rings is 3. The number of nitrogens with zero attached hydrogens (tertiary/aromatic N) is 4. The zero-order chi connectivity index (χ0) is 23.2. The van der Waals surface area contributed by atoms with Crippen LogP contribution in [0.1, 0.15) is 22.7 Å². The van der Waals surface area contributed by atoms with Gasteiger partial charge in [0.1, 0.15) is 29.3 Å². The Morgan fingerprint density at radius 1 is 0.727 bits per heavy atom. The molecule has 1 heterocycles. The van der Waals surface area contributed by atoms with Gasteiger partial charge in [0.05, 0.1) is 6.04 Å². The van der Waals surface area contributed by atoms with E-state index in [0.717, 1.165) is 48.6 Å². The molecule has 0 bridgehead atoms. The smallest absolute Gasteiger partial charge is 0.130 e. The maximum Gasteiger partial charge on any atom is 0.130 e. The molecule has 164 valence electrons. The lowest BCUT2D eigenvalue weighted by Gasteiger charge is -2.40. The summed E-state index contributed by atoms with van der Waals surface area (Å²) < 4.78 is 27.0. The normalized spacial score (nSPS) is 13.9. The number of hydrogen-bond acceptors (Lipinski definition) is 4. The summed E-state index contributed by atoms with van der Waals surface area (Å²) in [5.41, 5.74) is 3.89. The molecule has 0 radical (unpaired) electrons. The SMILES string of the molecule is N#CC(C#N)=Cc1ccc(N2CCN(C(c3ccc(F)cc3)c3ccc(F)cc3)CC2)cc1. The highest BCUT2D eigenvalue weighted by Gasteiger charge is 2.26. The second-order valence-electron chi connectivity index (χ2n) is 7.90. The molecule has 3 aromatic carbocycles. The van der Waals surface area contributed by atoms with Gasteiger partial charge in [0.25, 0.3) is 0 Å². The number of allylic oxidation sites excluding steroid dienone is 1. The van der Waals surface area contributed by atoms with Crippen LogP contribution in [-0.4, -0.2) is 31.1 Å². The van der Waals surface area contributed by atoms with Crippen LogP contribution < -0.4 is 4.90 Å². The largest absolute Gasteiger partial charge is 0.369 e. The fourth-order valence-corrected chi connectivity index (χ4v) is 4.18. The van der Waals surface area contributed by atoms with Crippen molar-refractivity contribution in [3.05, 3.63) is 107 Å². The Labute approximate surface area is 192 Å². The molecule has 1 saturated heterocycles. The Balaban J connectivity index is 1.50. The van der Waals surface area contributed by atoms with Crippen molar-refractivity contribution in [2.75, 3.05) is 31.1 Å². The number of piperazine rings is 1. The van der Waals surface area contributed by atoms with Crippen molar-refractivity contribution in [1.82, 2.24) is 4.90 Å². The van der Waals surface area contributed by atoms with E-state index in [4.69, 9.17) is 10.5 Å². The van der Waals surface area contributed by atoms with E-state index in [9.17, 15) is 8.78 Å². The van der Waals surface area contributed by atoms with Gasteiger partial charge in [-0.3, -0.25) is 4.90 Å². The average molecular weight is 440 g/mol. The van der Waals surface area contributed by atoms with Crippen molar-refractivity contribution >= 4 is 11.8 Å². The molecule has 0 saturated carbocycles. The third-order valence-corrected chi connectivity index (χ3v) is 5.86. The van der Waals surface area contributed by atoms with Gasteiger partial charge >= 0.3 is 0 Å². The minimum atomic E-state index is -0.281. The van der Waals surface area contributed by atoms with Crippen LogP contribution in [0.4, 0.5) is 14.5 Å². The molecule has 0 spiro atoms. The van der Waals surface area contributed by atoms with E-state index >= 15 is 0 Å². The summed E-state index contributed by atoms with van der Waals surface area (Å²) in [6.45, 7) is 3.17. The molecule has 0 unspecified atom stereocenters. The summed E-state index contributed by atoms with van der Waals surface area (Å²) in [7, 11) is 0. The summed E-state index contributed by atoms with van der Waals surface area (Å²) >= 11 is 0. The first-order chi connectivity index (χ1) is 16.1. The average Bonchev–Trinajstić information content (AvgIpc) is 2.86. The Morgan fingerprint density at radius 3 is 1.67 bits per heavy atom. The molecule has 33 heavy (non-hydrogen) atoms. The van der Waals surface area contributed by atoms with Gasteiger partial charge in [0.2, 0.25) is 0 Å². The Hall–Kier alpha value is -4.00. The molecule has 1 fully saturated rings. The first-order valence-electron chi connectivity index (χ1n) is 10.7. The van der Waals surface area contributed by atoms with Crippen molar-refractivity contribution in [2.24, 2.45) is 0 Å². The highest BCUT2D eigenvalue weighted by atomic mass is 19.1. The fourth-order valence-electron chi connectivity index (χ4n) is 4.18. The molecule has 0 amide bonds. The van der Waals surface area contributed by atoms with Gasteiger partial charge in [-0.2, -0.15) is 10.5 Å². The zero-order valence-corrected chi connectivity index (χ0v) is 18.0. The van der Waals surface area contributed by atoms with Crippen molar-refractivity contribution < 1.29 is 8.78 Å². The number of halogens is 2. The summed E-state index contributed by atoms with van der Waals surface area (Å²) in [5.74, 6) is -0.562. The predicted octanol–water partition coefficient (Wildman–Crippen LogP) is 5.31. The minimum Gasteiger partial charge on any atom is -0.369 e. The molecule has 4 nitrogen and oxygen atoms in total. The first-order valence-corrected chi connectivity index (χ1v) is 10.7. The second-order valence-corrected chi connectivity index (χ2v) is 7.90. The first kappa shape index (κ1) is 22.2. The van der Waals surface area contributed by atoms with Crippen LogP contribution >= 0.6 is 0 Å². The number of nitriles is 2. The zero-order valence-electron chi connectivity index (χ0n) is 18.0. The third kappa shape index (κ3) is 5.26. The monoisotopic (exact) mass is 440 g/mol. The second kappa shape index (κ2) is 10.1. The fraction of sp³-hybridized carbons (Fsp3) is 0.185. The van der Waals surface area contributed by atoms with E-state index in [1.165, 1.54) is 24.3 Å². The van der Waals surface area contributed by atoms with Crippen molar-refractivity contribution in [1.29, 1.82) is 10.5 Å². The van der Waals surface area contributed by atoms with Crippen LogP contribution in [0.3, 0.4) is 0 Å². The van der Waals surface area contributed by atoms with Crippen molar-refractivity contribution in [2.45, 2.75) is 6.04 Å². The predicted molar refractivity (Wildman–Crippen MR) is 124 cm³/mol. The molecule has 3 aromatic rings. The number of rotatable bonds is 5. The van der Waals surface area contributed by atoms with Gasteiger partial charge in [0.15, 0.2) is 0 Å². The van der Waals surface area contributed by atoms with Gasteiger partial charge in [-0.1, -0.05) is 36.4 Å². The lowest BCUT2D eigenvalue weighted by Crippen LogP contribution is -2.48. The van der Waals surface area contributed by atoms with Crippen LogP contribution in [-0.2, 0) is 0 Å².